The predicted molar refractivity (Wildman–Crippen MR) is 138 cm³/mol. The van der Waals surface area contributed by atoms with Crippen molar-refractivity contribution in [1.29, 1.82) is 0 Å². The number of ether oxygens (including phenoxy) is 2. The molecule has 1 aliphatic rings. The molecule has 0 amide bonds. The number of alkyl halides is 1. The zero-order valence-corrected chi connectivity index (χ0v) is 22.5. The molecule has 1 aliphatic heterocycles. The Morgan fingerprint density at radius 2 is 2.21 bits per heavy atom. The number of fused-ring (bicyclic) bond motifs is 1. The summed E-state index contributed by atoms with van der Waals surface area (Å²) >= 11 is 1.06. The molecule has 14 nitrogen and oxygen atoms in total. The molecule has 1 fully saturated rings. The van der Waals surface area contributed by atoms with Crippen LogP contribution in [0.4, 0.5) is 10.2 Å². The largest absolute Gasteiger partial charge is 0.465 e. The van der Waals surface area contributed by atoms with Gasteiger partial charge in [-0.05, 0) is 31.5 Å². The minimum atomic E-state index is -4.45. The molecule has 39 heavy (non-hydrogen) atoms. The summed E-state index contributed by atoms with van der Waals surface area (Å²) in [5.74, 6) is -0.510. The average molecular weight is 582 g/mol. The highest BCUT2D eigenvalue weighted by Crippen LogP contribution is 2.51. The summed E-state index contributed by atoms with van der Waals surface area (Å²) in [7, 11) is -4.45. The summed E-state index contributed by atoms with van der Waals surface area (Å²) in [5.41, 5.74) is 10.2. The smallest absolute Gasteiger partial charge is 0.459 e. The molecule has 3 heterocycles. The topological polar surface area (TPSA) is 204 Å². The van der Waals surface area contributed by atoms with Crippen LogP contribution in [0.15, 0.2) is 47.2 Å². The third-order valence-electron chi connectivity index (χ3n) is 5.84. The van der Waals surface area contributed by atoms with E-state index in [0.29, 0.717) is 4.70 Å². The van der Waals surface area contributed by atoms with E-state index in [-0.39, 0.29) is 29.3 Å². The number of halogens is 1. The zero-order valence-electron chi connectivity index (χ0n) is 20.8. The Morgan fingerprint density at radius 3 is 2.90 bits per heavy atom. The second-order valence-electron chi connectivity index (χ2n) is 8.45. The lowest BCUT2D eigenvalue weighted by Gasteiger charge is -2.31. The Kier molecular flexibility index (Phi) is 8.37. The van der Waals surface area contributed by atoms with Gasteiger partial charge in [-0.2, -0.15) is 5.09 Å². The summed E-state index contributed by atoms with van der Waals surface area (Å²) in [6.07, 6.45) is -0.987. The molecule has 0 spiro atoms. The number of aromatic nitrogens is 2. The van der Waals surface area contributed by atoms with Gasteiger partial charge >= 0.3 is 13.7 Å². The molecule has 208 valence electrons. The zero-order chi connectivity index (χ0) is 28.3. The number of hydrogen-bond acceptors (Lipinski definition) is 12. The first-order chi connectivity index (χ1) is 18.6. The van der Waals surface area contributed by atoms with Gasteiger partial charge in [0, 0.05) is 15.9 Å². The van der Waals surface area contributed by atoms with Gasteiger partial charge in [-0.3, -0.25) is 9.32 Å². The summed E-state index contributed by atoms with van der Waals surface area (Å²) in [5, 5.41) is 18.5. The number of rotatable bonds is 11. The van der Waals surface area contributed by atoms with E-state index >= 15 is 4.39 Å². The van der Waals surface area contributed by atoms with Crippen LogP contribution in [0.5, 0.6) is 5.75 Å². The fourth-order valence-electron chi connectivity index (χ4n) is 3.89. The minimum Gasteiger partial charge on any atom is -0.465 e. The number of nitrogen functional groups attached to an aromatic ring is 1. The van der Waals surface area contributed by atoms with Crippen molar-refractivity contribution < 1.29 is 37.4 Å². The van der Waals surface area contributed by atoms with Crippen LogP contribution in [0.2, 0.25) is 0 Å². The molecule has 1 aromatic carbocycles. The normalized spacial score (nSPS) is 25.0. The van der Waals surface area contributed by atoms with E-state index in [1.165, 1.54) is 24.4 Å². The number of nitrogens with one attached hydrogen (secondary N) is 1. The average Bonchev–Trinajstić information content (AvgIpc) is 3.46. The lowest BCUT2D eigenvalue weighted by molar-refractivity contribution is -0.144. The summed E-state index contributed by atoms with van der Waals surface area (Å²) in [6, 6.07) is 6.72. The molecule has 2 aromatic heterocycles. The first kappa shape index (κ1) is 28.6. The molecule has 5 atom stereocenters. The maximum Gasteiger partial charge on any atom is 0.459 e. The number of nitrogens with two attached hydrogens (primary N) is 1. The molecule has 1 saturated heterocycles. The van der Waals surface area contributed by atoms with Gasteiger partial charge in [0.15, 0.2) is 11.4 Å². The number of aliphatic hydroxyl groups is 1. The molecular weight excluding hydrogens is 556 g/mol. The van der Waals surface area contributed by atoms with Crippen molar-refractivity contribution in [1.82, 2.24) is 15.1 Å². The lowest BCUT2D eigenvalue weighted by Crippen LogP contribution is -2.48. The van der Waals surface area contributed by atoms with Crippen LogP contribution in [-0.2, 0) is 29.0 Å². The molecular formula is C22H25FN7O7PS. The van der Waals surface area contributed by atoms with E-state index in [2.05, 4.69) is 25.1 Å². The number of esters is 1. The van der Waals surface area contributed by atoms with E-state index in [9.17, 15) is 20.0 Å². The number of anilines is 1. The van der Waals surface area contributed by atoms with Crippen LogP contribution < -0.4 is 15.3 Å². The SMILES string of the molecule is CCOC(=O)[C@H](C)NP(=O)(OCC1(N=[N+]=[N-])OC[C@](F)(c2csc3c(N)ncnc23)[C@@H]1O)Oc1ccccc1. The van der Waals surface area contributed by atoms with Gasteiger partial charge in [0.2, 0.25) is 0 Å². The van der Waals surface area contributed by atoms with Crippen LogP contribution in [0.1, 0.15) is 19.4 Å². The van der Waals surface area contributed by atoms with Gasteiger partial charge in [-0.1, -0.05) is 23.3 Å². The van der Waals surface area contributed by atoms with Crippen LogP contribution in [0, 0.1) is 0 Å². The van der Waals surface area contributed by atoms with Gasteiger partial charge in [0.25, 0.3) is 0 Å². The van der Waals surface area contributed by atoms with Crippen LogP contribution in [0.3, 0.4) is 0 Å². The number of benzene rings is 1. The summed E-state index contributed by atoms with van der Waals surface area (Å²) in [4.78, 5) is 22.8. The number of carbonyl (C=O) groups excluding carboxylic acids is 1. The van der Waals surface area contributed by atoms with Gasteiger partial charge in [-0.15, -0.1) is 11.3 Å². The summed E-state index contributed by atoms with van der Waals surface area (Å²) < 4.78 is 52.1. The third kappa shape index (κ3) is 5.68. The van der Waals surface area contributed by atoms with Crippen molar-refractivity contribution in [3.8, 4) is 5.75 Å². The first-order valence-corrected chi connectivity index (χ1v) is 14.0. The number of nitrogens with zero attached hydrogens (tertiary/aromatic N) is 5. The predicted octanol–water partition coefficient (Wildman–Crippen LogP) is 3.58. The van der Waals surface area contributed by atoms with Gasteiger partial charge < -0.3 is 24.8 Å². The maximum absolute atomic E-state index is 16.4. The lowest BCUT2D eigenvalue weighted by atomic mass is 9.89. The monoisotopic (exact) mass is 581 g/mol. The van der Waals surface area contributed by atoms with Gasteiger partial charge in [0.05, 0.1) is 30.0 Å². The molecule has 4 N–H and O–H groups in total. The maximum atomic E-state index is 16.4. The number of carbonyl (C=O) groups is 1. The Labute approximate surface area is 225 Å². The van der Waals surface area contributed by atoms with Crippen molar-refractivity contribution in [2.45, 2.75) is 37.4 Å². The van der Waals surface area contributed by atoms with Gasteiger partial charge in [0.1, 0.15) is 30.0 Å². The van der Waals surface area contributed by atoms with E-state index in [1.54, 1.807) is 25.1 Å². The highest BCUT2D eigenvalue weighted by Gasteiger charge is 2.61. The van der Waals surface area contributed by atoms with Crippen molar-refractivity contribution in [2.24, 2.45) is 5.11 Å². The standard InChI is InChI=1S/C22H25FN7O7PS/c1-3-34-19(31)13(2)28-38(33,37-14-7-5-4-6-8-14)36-11-22(29-30-25)20(32)21(23,10-35-22)15-9-39-17-16(15)26-12-27-18(17)24/h4-9,12-13,20,32H,3,10-11H2,1-2H3,(H,28,33)(H2,24,26,27)/t13-,20-,21-,22?,38?/m0/s1. The van der Waals surface area contributed by atoms with Crippen LogP contribution >= 0.6 is 19.1 Å². The molecule has 0 radical (unpaired) electrons. The molecule has 0 bridgehead atoms. The minimum absolute atomic E-state index is 0.0584. The Morgan fingerprint density at radius 1 is 1.46 bits per heavy atom. The quantitative estimate of drug-likeness (QED) is 0.0981. The first-order valence-electron chi connectivity index (χ1n) is 11.6. The number of para-hydroxylation sites is 1. The van der Waals surface area contributed by atoms with Crippen LogP contribution in [-0.4, -0.2) is 58.7 Å². The number of thiophene rings is 1. The molecule has 4 rings (SSSR count). The van der Waals surface area contributed by atoms with Crippen molar-refractivity contribution in [3.63, 3.8) is 0 Å². The summed E-state index contributed by atoms with van der Waals surface area (Å²) in [6.45, 7) is 1.36. The molecule has 17 heteroatoms. The van der Waals surface area contributed by atoms with Crippen LogP contribution in [0.25, 0.3) is 20.7 Å². The Hall–Kier alpha value is -3.36. The highest BCUT2D eigenvalue weighted by atomic mass is 32.1. The molecule has 2 unspecified atom stereocenters. The molecule has 0 saturated carbocycles. The van der Waals surface area contributed by atoms with Crippen molar-refractivity contribution in [2.75, 3.05) is 25.6 Å². The number of hydrogen-bond donors (Lipinski definition) is 3. The highest BCUT2D eigenvalue weighted by molar-refractivity contribution is 7.52. The van der Waals surface area contributed by atoms with E-state index in [1.807, 2.05) is 0 Å². The van der Waals surface area contributed by atoms with E-state index in [4.69, 9.17) is 24.3 Å². The second-order valence-corrected chi connectivity index (χ2v) is 11.0. The van der Waals surface area contributed by atoms with E-state index in [0.717, 1.165) is 17.7 Å². The van der Waals surface area contributed by atoms with Gasteiger partial charge in [-0.25, -0.2) is 18.9 Å². The Bertz CT molecular complexity index is 1440. The Balaban J connectivity index is 1.64. The third-order valence-corrected chi connectivity index (χ3v) is 8.45. The van der Waals surface area contributed by atoms with E-state index < -0.39 is 50.5 Å². The number of azide groups is 1. The molecule has 3 aromatic rings. The van der Waals surface area contributed by atoms with Crippen molar-refractivity contribution >= 4 is 41.1 Å². The fourth-order valence-corrected chi connectivity index (χ4v) is 6.39. The fraction of sp³-hybridized carbons (Fsp3) is 0.409. The molecule has 0 aliphatic carbocycles. The van der Waals surface area contributed by atoms with Crippen molar-refractivity contribution in [3.05, 3.63) is 58.0 Å². The number of aliphatic hydroxyl groups excluding tert-OH is 1. The second kappa shape index (κ2) is 11.4.